The number of carbonyl (C=O) groups excluding carboxylic acids is 1. The third kappa shape index (κ3) is 5.83. The zero-order valence-corrected chi connectivity index (χ0v) is 16.2. The highest BCUT2D eigenvalue weighted by atomic mass is 32.1. The van der Waals surface area contributed by atoms with Gasteiger partial charge in [0.2, 0.25) is 0 Å². The van der Waals surface area contributed by atoms with Gasteiger partial charge in [-0.3, -0.25) is 15.6 Å². The van der Waals surface area contributed by atoms with Crippen LogP contribution in [0.15, 0.2) is 48.1 Å². The van der Waals surface area contributed by atoms with E-state index < -0.39 is 0 Å². The summed E-state index contributed by atoms with van der Waals surface area (Å²) in [7, 11) is 4.10. The van der Waals surface area contributed by atoms with Crippen LogP contribution < -0.4 is 10.6 Å². The first kappa shape index (κ1) is 18.9. The monoisotopic (exact) mass is 382 g/mol. The van der Waals surface area contributed by atoms with E-state index in [4.69, 9.17) is 0 Å². The smallest absolute Gasteiger partial charge is 0.309 e. The van der Waals surface area contributed by atoms with Crippen LogP contribution in [0.1, 0.15) is 12.1 Å². The molecular weight excluding hydrogens is 360 g/mol. The van der Waals surface area contributed by atoms with E-state index in [1.807, 2.05) is 38.4 Å². The quantitative estimate of drug-likeness (QED) is 0.650. The Bertz CT molecular complexity index is 881. The minimum atomic E-state index is -0.362. The van der Waals surface area contributed by atoms with Crippen LogP contribution in [0.2, 0.25) is 0 Å². The lowest BCUT2D eigenvalue weighted by Gasteiger charge is -2.09. The topological polar surface area (TPSA) is 83.0 Å². The number of urea groups is 1. The van der Waals surface area contributed by atoms with Crippen molar-refractivity contribution >= 4 is 29.0 Å². The molecule has 0 spiro atoms. The van der Waals surface area contributed by atoms with E-state index in [1.54, 1.807) is 23.8 Å². The standard InChI is InChI=1S/C19H22N6OS/c1-25(2)12-4-6-15-5-3-7-16(21-15)23-19(26)24-17-13-27-18(22-17)14-8-10-20-11-9-14/h3,5,7-11,13H,4,6,12H2,1-2H3,(H2,21,23,24,26). The summed E-state index contributed by atoms with van der Waals surface area (Å²) in [4.78, 5) is 27.3. The summed E-state index contributed by atoms with van der Waals surface area (Å²) in [6, 6.07) is 9.05. The van der Waals surface area contributed by atoms with E-state index in [0.29, 0.717) is 11.6 Å². The van der Waals surface area contributed by atoms with E-state index >= 15 is 0 Å². The van der Waals surface area contributed by atoms with E-state index in [2.05, 4.69) is 30.5 Å². The van der Waals surface area contributed by atoms with Crippen molar-refractivity contribution in [1.29, 1.82) is 0 Å². The van der Waals surface area contributed by atoms with Crippen molar-refractivity contribution in [3.05, 3.63) is 53.8 Å². The van der Waals surface area contributed by atoms with Crippen LogP contribution in [-0.2, 0) is 6.42 Å². The normalized spacial score (nSPS) is 10.8. The van der Waals surface area contributed by atoms with Gasteiger partial charge in [-0.2, -0.15) is 0 Å². The summed E-state index contributed by atoms with van der Waals surface area (Å²) in [6.07, 6.45) is 5.32. The van der Waals surface area contributed by atoms with Crippen LogP contribution in [0.3, 0.4) is 0 Å². The van der Waals surface area contributed by atoms with Gasteiger partial charge in [0.25, 0.3) is 0 Å². The summed E-state index contributed by atoms with van der Waals surface area (Å²) in [6.45, 7) is 1.00. The number of nitrogens with one attached hydrogen (secondary N) is 2. The number of pyridine rings is 2. The van der Waals surface area contributed by atoms with Gasteiger partial charge in [-0.25, -0.2) is 14.8 Å². The number of thiazole rings is 1. The van der Waals surface area contributed by atoms with Crippen LogP contribution in [-0.4, -0.2) is 46.5 Å². The number of carbonyl (C=O) groups is 1. The highest BCUT2D eigenvalue weighted by molar-refractivity contribution is 7.13. The molecule has 0 aromatic carbocycles. The number of aryl methyl sites for hydroxylation is 1. The molecule has 140 valence electrons. The summed E-state index contributed by atoms with van der Waals surface area (Å²) >= 11 is 1.46. The Morgan fingerprint density at radius 3 is 2.63 bits per heavy atom. The molecule has 7 nitrogen and oxygen atoms in total. The summed E-state index contributed by atoms with van der Waals surface area (Å²) in [5.74, 6) is 1.03. The summed E-state index contributed by atoms with van der Waals surface area (Å²) in [5.41, 5.74) is 1.93. The molecule has 0 radical (unpaired) electrons. The van der Waals surface area contributed by atoms with Crippen molar-refractivity contribution in [2.24, 2.45) is 0 Å². The number of aromatic nitrogens is 3. The molecule has 0 fully saturated rings. The van der Waals surface area contributed by atoms with Gasteiger partial charge < -0.3 is 4.90 Å². The van der Waals surface area contributed by atoms with Crippen LogP contribution >= 0.6 is 11.3 Å². The van der Waals surface area contributed by atoms with Gasteiger partial charge in [-0.1, -0.05) is 6.07 Å². The molecule has 0 atom stereocenters. The largest absolute Gasteiger partial charge is 0.326 e. The minimum Gasteiger partial charge on any atom is -0.309 e. The second-order valence-electron chi connectivity index (χ2n) is 6.27. The third-order valence-corrected chi connectivity index (χ3v) is 4.65. The van der Waals surface area contributed by atoms with Crippen molar-refractivity contribution in [3.63, 3.8) is 0 Å². The van der Waals surface area contributed by atoms with Crippen LogP contribution in [0, 0.1) is 0 Å². The number of rotatable bonds is 7. The lowest BCUT2D eigenvalue weighted by atomic mass is 10.2. The molecule has 0 aliphatic carbocycles. The average molecular weight is 382 g/mol. The molecule has 0 bridgehead atoms. The number of anilines is 2. The fourth-order valence-electron chi connectivity index (χ4n) is 2.49. The van der Waals surface area contributed by atoms with E-state index in [-0.39, 0.29) is 6.03 Å². The maximum absolute atomic E-state index is 12.2. The molecule has 3 rings (SSSR count). The Morgan fingerprint density at radius 2 is 1.85 bits per heavy atom. The fraction of sp³-hybridized carbons (Fsp3) is 0.263. The Balaban J connectivity index is 1.56. The molecule has 27 heavy (non-hydrogen) atoms. The van der Waals surface area contributed by atoms with Gasteiger partial charge in [0, 0.05) is 29.0 Å². The molecule has 3 heterocycles. The van der Waals surface area contributed by atoms with Gasteiger partial charge in [0.05, 0.1) is 0 Å². The van der Waals surface area contributed by atoms with Gasteiger partial charge >= 0.3 is 6.03 Å². The van der Waals surface area contributed by atoms with Crippen molar-refractivity contribution in [2.75, 3.05) is 31.3 Å². The second-order valence-corrected chi connectivity index (χ2v) is 7.13. The van der Waals surface area contributed by atoms with Crippen LogP contribution in [0.4, 0.5) is 16.4 Å². The lowest BCUT2D eigenvalue weighted by Crippen LogP contribution is -2.20. The molecule has 0 unspecified atom stereocenters. The molecule has 0 aliphatic rings. The van der Waals surface area contributed by atoms with Crippen molar-refractivity contribution in [1.82, 2.24) is 19.9 Å². The van der Waals surface area contributed by atoms with Crippen molar-refractivity contribution in [2.45, 2.75) is 12.8 Å². The van der Waals surface area contributed by atoms with Crippen molar-refractivity contribution < 1.29 is 4.79 Å². The minimum absolute atomic E-state index is 0.362. The predicted octanol–water partition coefficient (Wildman–Crippen LogP) is 3.74. The zero-order valence-electron chi connectivity index (χ0n) is 15.3. The molecule has 2 N–H and O–H groups in total. The Morgan fingerprint density at radius 1 is 1.07 bits per heavy atom. The molecule has 3 aromatic rings. The average Bonchev–Trinajstić information content (AvgIpc) is 3.11. The molecule has 0 aliphatic heterocycles. The number of hydrogen-bond donors (Lipinski definition) is 2. The Labute approximate surface area is 162 Å². The number of nitrogens with zero attached hydrogens (tertiary/aromatic N) is 4. The molecule has 3 aromatic heterocycles. The molecule has 2 amide bonds. The fourth-order valence-corrected chi connectivity index (χ4v) is 3.25. The summed E-state index contributed by atoms with van der Waals surface area (Å²) < 4.78 is 0. The second kappa shape index (κ2) is 9.20. The molecule has 0 saturated carbocycles. The van der Waals surface area contributed by atoms with E-state index in [1.165, 1.54) is 11.3 Å². The van der Waals surface area contributed by atoms with Gasteiger partial charge in [0.1, 0.15) is 16.6 Å². The maximum Gasteiger partial charge on any atom is 0.326 e. The highest BCUT2D eigenvalue weighted by Crippen LogP contribution is 2.25. The predicted molar refractivity (Wildman–Crippen MR) is 109 cm³/mol. The number of hydrogen-bond acceptors (Lipinski definition) is 6. The zero-order chi connectivity index (χ0) is 19.1. The number of amides is 2. The van der Waals surface area contributed by atoms with Crippen LogP contribution in [0.25, 0.3) is 10.6 Å². The lowest BCUT2D eigenvalue weighted by molar-refractivity contribution is 0.262. The summed E-state index contributed by atoms with van der Waals surface area (Å²) in [5, 5.41) is 8.14. The molecule has 0 saturated heterocycles. The van der Waals surface area contributed by atoms with Crippen LogP contribution in [0.5, 0.6) is 0 Å². The first-order valence-corrected chi connectivity index (χ1v) is 9.53. The van der Waals surface area contributed by atoms with E-state index in [0.717, 1.165) is 35.7 Å². The maximum atomic E-state index is 12.2. The van der Waals surface area contributed by atoms with E-state index in [9.17, 15) is 4.79 Å². The van der Waals surface area contributed by atoms with Gasteiger partial charge in [-0.15, -0.1) is 11.3 Å². The Hall–Kier alpha value is -2.84. The molecular formula is C19H22N6OS. The van der Waals surface area contributed by atoms with Crippen molar-refractivity contribution in [3.8, 4) is 10.6 Å². The highest BCUT2D eigenvalue weighted by Gasteiger charge is 2.09. The molecule has 8 heteroatoms. The van der Waals surface area contributed by atoms with Gasteiger partial charge in [-0.05, 0) is 57.7 Å². The first-order valence-electron chi connectivity index (χ1n) is 8.65. The first-order chi connectivity index (χ1) is 13.1. The third-order valence-electron chi connectivity index (χ3n) is 3.76. The Kier molecular flexibility index (Phi) is 6.45. The SMILES string of the molecule is CN(C)CCCc1cccc(NC(=O)Nc2csc(-c3ccncc3)n2)n1. The van der Waals surface area contributed by atoms with Gasteiger partial charge in [0.15, 0.2) is 0 Å².